The number of rotatable bonds is 9. The molecule has 1 aromatic carbocycles. The molecule has 0 N–H and O–H groups in total. The fraction of sp³-hybridized carbons (Fsp3) is 0.647. The van der Waals surface area contributed by atoms with E-state index in [1.165, 1.54) is 4.31 Å². The molecule has 2 rings (SSSR count). The summed E-state index contributed by atoms with van der Waals surface area (Å²) in [5.74, 6) is -0.0150. The molecule has 1 aliphatic heterocycles. The summed E-state index contributed by atoms with van der Waals surface area (Å²) in [7, 11) is -6.85. The van der Waals surface area contributed by atoms with E-state index in [4.69, 9.17) is 0 Å². The van der Waals surface area contributed by atoms with Gasteiger partial charge in [0.15, 0.2) is 9.84 Å². The summed E-state index contributed by atoms with van der Waals surface area (Å²) < 4.78 is 51.2. The predicted octanol–water partition coefficient (Wildman–Crippen LogP) is 1.60. The molecule has 0 aliphatic carbocycles. The molecule has 0 saturated carbocycles. The van der Waals surface area contributed by atoms with Gasteiger partial charge in [0.1, 0.15) is 0 Å². The lowest BCUT2D eigenvalue weighted by molar-refractivity contribution is 0.269. The Hall–Kier alpha value is -0.960. The monoisotopic (exact) mass is 388 g/mol. The maximum Gasteiger partial charge on any atom is 0.243 e. The second-order valence-corrected chi connectivity index (χ2v) is 10.5. The summed E-state index contributed by atoms with van der Waals surface area (Å²) in [5, 5.41) is 0. The lowest BCUT2D eigenvalue weighted by Crippen LogP contribution is -2.42. The van der Waals surface area contributed by atoms with Gasteiger partial charge in [-0.3, -0.25) is 0 Å². The second-order valence-electron chi connectivity index (χ2n) is 6.37. The van der Waals surface area contributed by atoms with Crippen molar-refractivity contribution in [2.24, 2.45) is 0 Å². The molecule has 1 aromatic rings. The minimum atomic E-state index is -3.70. The molecule has 0 unspecified atom stereocenters. The number of hydrogen-bond acceptors (Lipinski definition) is 5. The average Bonchev–Trinajstić information content (AvgIpc) is 2.95. The van der Waals surface area contributed by atoms with Gasteiger partial charge >= 0.3 is 0 Å². The van der Waals surface area contributed by atoms with Crippen LogP contribution < -0.4 is 0 Å². The van der Waals surface area contributed by atoms with Gasteiger partial charge in [0.25, 0.3) is 0 Å². The lowest BCUT2D eigenvalue weighted by Gasteiger charge is -2.28. The van der Waals surface area contributed by atoms with Crippen molar-refractivity contribution >= 4 is 19.9 Å². The molecule has 6 nitrogen and oxygen atoms in total. The molecule has 0 aromatic heterocycles. The van der Waals surface area contributed by atoms with E-state index in [0.717, 1.165) is 19.6 Å². The number of benzene rings is 1. The van der Waals surface area contributed by atoms with Gasteiger partial charge in [-0.1, -0.05) is 32.0 Å². The van der Waals surface area contributed by atoms with Crippen molar-refractivity contribution in [3.8, 4) is 0 Å². The van der Waals surface area contributed by atoms with Crippen molar-refractivity contribution in [1.29, 1.82) is 0 Å². The SMILES string of the molecule is CCN(CC)CCCN([C@@H]1CCS(=O)(=O)C1)S(=O)(=O)c1ccccc1. The van der Waals surface area contributed by atoms with Crippen LogP contribution in [-0.2, 0) is 19.9 Å². The Balaban J connectivity index is 2.20. The molecular formula is C17H28N2O4S2. The van der Waals surface area contributed by atoms with Crippen LogP contribution in [0, 0.1) is 0 Å². The van der Waals surface area contributed by atoms with Gasteiger partial charge in [0.2, 0.25) is 10.0 Å². The van der Waals surface area contributed by atoms with Crippen molar-refractivity contribution in [2.75, 3.05) is 37.7 Å². The predicted molar refractivity (Wildman–Crippen MR) is 99.8 cm³/mol. The van der Waals surface area contributed by atoms with Crippen LogP contribution in [-0.4, -0.2) is 69.8 Å². The largest absolute Gasteiger partial charge is 0.304 e. The fourth-order valence-corrected chi connectivity index (χ4v) is 6.76. The first-order chi connectivity index (χ1) is 11.8. The summed E-state index contributed by atoms with van der Waals surface area (Å²) in [4.78, 5) is 2.46. The smallest absolute Gasteiger partial charge is 0.243 e. The Morgan fingerprint density at radius 2 is 1.72 bits per heavy atom. The van der Waals surface area contributed by atoms with E-state index in [-0.39, 0.29) is 16.4 Å². The highest BCUT2D eigenvalue weighted by molar-refractivity contribution is 7.92. The minimum Gasteiger partial charge on any atom is -0.304 e. The van der Waals surface area contributed by atoms with Gasteiger partial charge < -0.3 is 4.90 Å². The number of sulfone groups is 1. The van der Waals surface area contributed by atoms with Crippen LogP contribution in [0.3, 0.4) is 0 Å². The highest BCUT2D eigenvalue weighted by Crippen LogP contribution is 2.25. The first kappa shape index (κ1) is 20.4. The van der Waals surface area contributed by atoms with Crippen LogP contribution >= 0.6 is 0 Å². The van der Waals surface area contributed by atoms with Crippen molar-refractivity contribution in [3.05, 3.63) is 30.3 Å². The maximum absolute atomic E-state index is 13.1. The quantitative estimate of drug-likeness (QED) is 0.642. The van der Waals surface area contributed by atoms with Gasteiger partial charge in [0.05, 0.1) is 16.4 Å². The molecule has 1 aliphatic rings. The lowest BCUT2D eigenvalue weighted by atomic mass is 10.2. The molecule has 0 bridgehead atoms. The zero-order valence-electron chi connectivity index (χ0n) is 15.0. The van der Waals surface area contributed by atoms with Gasteiger partial charge in [0, 0.05) is 12.6 Å². The van der Waals surface area contributed by atoms with Gasteiger partial charge in [-0.05, 0) is 44.6 Å². The first-order valence-corrected chi connectivity index (χ1v) is 12.1. The maximum atomic E-state index is 13.1. The Kier molecular flexibility index (Phi) is 7.01. The van der Waals surface area contributed by atoms with Gasteiger partial charge in [-0.15, -0.1) is 0 Å². The molecule has 8 heteroatoms. The van der Waals surface area contributed by atoms with Crippen molar-refractivity contribution in [2.45, 2.75) is 37.6 Å². The third-order valence-electron chi connectivity index (χ3n) is 4.71. The van der Waals surface area contributed by atoms with Crippen LogP contribution in [0.25, 0.3) is 0 Å². The van der Waals surface area contributed by atoms with Crippen molar-refractivity contribution < 1.29 is 16.8 Å². The molecule has 1 atom stereocenters. The third-order valence-corrected chi connectivity index (χ3v) is 8.43. The zero-order valence-corrected chi connectivity index (χ0v) is 16.6. The molecule has 1 heterocycles. The highest BCUT2D eigenvalue weighted by Gasteiger charge is 2.38. The summed E-state index contributed by atoms with van der Waals surface area (Å²) in [6, 6.07) is 7.81. The molecule has 1 fully saturated rings. The van der Waals surface area contributed by atoms with E-state index in [9.17, 15) is 16.8 Å². The van der Waals surface area contributed by atoms with E-state index >= 15 is 0 Å². The Morgan fingerprint density at radius 3 is 2.24 bits per heavy atom. The van der Waals surface area contributed by atoms with Crippen molar-refractivity contribution in [3.63, 3.8) is 0 Å². The van der Waals surface area contributed by atoms with Gasteiger partial charge in [-0.25, -0.2) is 16.8 Å². The topological polar surface area (TPSA) is 74.8 Å². The molecule has 0 spiro atoms. The number of sulfonamides is 1. The third kappa shape index (κ3) is 5.26. The fourth-order valence-electron chi connectivity index (χ4n) is 3.22. The Labute approximate surface area is 151 Å². The molecule has 0 radical (unpaired) electrons. The first-order valence-electron chi connectivity index (χ1n) is 8.80. The Morgan fingerprint density at radius 1 is 1.08 bits per heavy atom. The molecule has 1 saturated heterocycles. The van der Waals surface area contributed by atoms with E-state index in [2.05, 4.69) is 18.7 Å². The van der Waals surface area contributed by atoms with E-state index in [1.54, 1.807) is 30.3 Å². The highest BCUT2D eigenvalue weighted by atomic mass is 32.2. The van der Waals surface area contributed by atoms with Crippen LogP contribution in [0.2, 0.25) is 0 Å². The zero-order chi connectivity index (χ0) is 18.5. The second kappa shape index (κ2) is 8.62. The van der Waals surface area contributed by atoms with E-state index < -0.39 is 25.9 Å². The molecule has 25 heavy (non-hydrogen) atoms. The van der Waals surface area contributed by atoms with E-state index in [1.807, 2.05) is 0 Å². The molecular weight excluding hydrogens is 360 g/mol. The summed E-state index contributed by atoms with van der Waals surface area (Å²) in [5.41, 5.74) is 0. The molecule has 0 amide bonds. The molecule has 142 valence electrons. The van der Waals surface area contributed by atoms with Gasteiger partial charge in [-0.2, -0.15) is 4.31 Å². The van der Waals surface area contributed by atoms with Crippen LogP contribution in [0.1, 0.15) is 26.7 Å². The normalized spacial score (nSPS) is 20.4. The summed E-state index contributed by atoms with van der Waals surface area (Å²) in [6.45, 7) is 7.12. The number of nitrogens with zero attached hydrogens (tertiary/aromatic N) is 2. The average molecular weight is 389 g/mol. The summed E-state index contributed by atoms with van der Waals surface area (Å²) >= 11 is 0. The Bertz CT molecular complexity index is 744. The van der Waals surface area contributed by atoms with Crippen LogP contribution in [0.5, 0.6) is 0 Å². The van der Waals surface area contributed by atoms with Crippen molar-refractivity contribution in [1.82, 2.24) is 9.21 Å². The standard InChI is InChI=1S/C17H28N2O4S2/c1-3-18(4-2)12-8-13-19(16-11-14-24(20,21)15-16)25(22,23)17-9-6-5-7-10-17/h5-7,9-10,16H,3-4,8,11-15H2,1-2H3/t16-/m1/s1. The number of hydrogen-bond donors (Lipinski definition) is 0. The van der Waals surface area contributed by atoms with E-state index in [0.29, 0.717) is 19.4 Å². The van der Waals surface area contributed by atoms with Crippen LogP contribution in [0.4, 0.5) is 0 Å². The van der Waals surface area contributed by atoms with Crippen LogP contribution in [0.15, 0.2) is 35.2 Å². The minimum absolute atomic E-state index is 0.0640. The summed E-state index contributed by atoms with van der Waals surface area (Å²) in [6.07, 6.45) is 1.06.